The molecule has 2 amide bonds. The van der Waals surface area contributed by atoms with Crippen LogP contribution in [0.1, 0.15) is 33.3 Å². The smallest absolute Gasteiger partial charge is 0.244 e. The summed E-state index contributed by atoms with van der Waals surface area (Å²) < 4.78 is 26.7. The van der Waals surface area contributed by atoms with Crippen molar-refractivity contribution in [2.45, 2.75) is 45.8 Å². The van der Waals surface area contributed by atoms with Gasteiger partial charge in [-0.2, -0.15) is 0 Å². The van der Waals surface area contributed by atoms with E-state index < -0.39 is 34.1 Å². The number of hydrogen-bond donors (Lipinski definition) is 1. The number of hydrogen-bond acceptors (Lipinski definition) is 4. The third-order valence-corrected chi connectivity index (χ3v) is 7.21. The zero-order valence-corrected chi connectivity index (χ0v) is 23.5. The Kier molecular flexibility index (Phi) is 9.44. The molecule has 2 rings (SSSR count). The number of benzene rings is 2. The summed E-state index contributed by atoms with van der Waals surface area (Å²) in [5.41, 5.74) is 0.363. The third-order valence-electron chi connectivity index (χ3n) is 4.82. The van der Waals surface area contributed by atoms with Crippen molar-refractivity contribution in [1.29, 1.82) is 0 Å². The molecule has 1 atom stereocenters. The molecule has 0 radical (unpaired) electrons. The number of carbonyl (C=O) groups is 2. The molecule has 1 unspecified atom stereocenters. The number of halogens is 3. The molecule has 2 aromatic carbocycles. The van der Waals surface area contributed by atoms with Crippen LogP contribution in [0.5, 0.6) is 0 Å². The highest BCUT2D eigenvalue weighted by Crippen LogP contribution is 2.28. The van der Waals surface area contributed by atoms with E-state index in [0.29, 0.717) is 25.8 Å². The summed E-state index contributed by atoms with van der Waals surface area (Å²) >= 11 is 15.7. The van der Waals surface area contributed by atoms with Crippen LogP contribution in [0.4, 0.5) is 5.69 Å². The van der Waals surface area contributed by atoms with Crippen molar-refractivity contribution in [3.8, 4) is 0 Å². The first-order valence-electron chi connectivity index (χ1n) is 10.4. The van der Waals surface area contributed by atoms with Gasteiger partial charge in [0.2, 0.25) is 21.8 Å². The molecule has 0 aliphatic rings. The van der Waals surface area contributed by atoms with Gasteiger partial charge in [-0.05, 0) is 73.5 Å². The molecule has 11 heteroatoms. The fourth-order valence-electron chi connectivity index (χ4n) is 3.14. The third kappa shape index (κ3) is 7.86. The lowest BCUT2D eigenvalue weighted by Crippen LogP contribution is -2.54. The van der Waals surface area contributed by atoms with Crippen LogP contribution in [0.25, 0.3) is 0 Å². The normalized spacial score (nSPS) is 12.7. The Morgan fingerprint density at radius 2 is 1.74 bits per heavy atom. The number of sulfonamides is 1. The largest absolute Gasteiger partial charge is 0.350 e. The second-order valence-electron chi connectivity index (χ2n) is 8.89. The highest BCUT2D eigenvalue weighted by atomic mass is 79.9. The summed E-state index contributed by atoms with van der Waals surface area (Å²) in [5, 5.41) is 3.63. The lowest BCUT2D eigenvalue weighted by Gasteiger charge is -2.33. The van der Waals surface area contributed by atoms with Crippen molar-refractivity contribution < 1.29 is 18.0 Å². The van der Waals surface area contributed by atoms with Crippen LogP contribution in [0.2, 0.25) is 10.0 Å². The van der Waals surface area contributed by atoms with Crippen LogP contribution < -0.4 is 9.62 Å². The summed E-state index contributed by atoms with van der Waals surface area (Å²) in [4.78, 5) is 27.8. The van der Waals surface area contributed by atoms with Gasteiger partial charge in [-0.15, -0.1) is 0 Å². The molecule has 186 valence electrons. The highest BCUT2D eigenvalue weighted by Gasteiger charge is 2.32. The van der Waals surface area contributed by atoms with Crippen LogP contribution in [-0.4, -0.2) is 49.5 Å². The Morgan fingerprint density at radius 3 is 2.26 bits per heavy atom. The second-order valence-corrected chi connectivity index (χ2v) is 12.5. The van der Waals surface area contributed by atoms with E-state index in [9.17, 15) is 18.0 Å². The number of nitrogens with one attached hydrogen (secondary N) is 1. The fraction of sp³-hybridized carbons (Fsp3) is 0.391. The topological polar surface area (TPSA) is 86.8 Å². The maximum atomic E-state index is 13.5. The van der Waals surface area contributed by atoms with E-state index in [4.69, 9.17) is 23.2 Å². The van der Waals surface area contributed by atoms with Crippen LogP contribution in [-0.2, 0) is 26.2 Å². The Morgan fingerprint density at radius 1 is 1.12 bits per heavy atom. The van der Waals surface area contributed by atoms with Crippen molar-refractivity contribution >= 4 is 66.7 Å². The molecule has 0 saturated heterocycles. The van der Waals surface area contributed by atoms with E-state index in [1.807, 2.05) is 20.8 Å². The summed E-state index contributed by atoms with van der Waals surface area (Å²) in [7, 11) is -3.82. The van der Waals surface area contributed by atoms with E-state index in [0.717, 1.165) is 10.6 Å². The van der Waals surface area contributed by atoms with Crippen molar-refractivity contribution in [2.24, 2.45) is 0 Å². The van der Waals surface area contributed by atoms with Crippen LogP contribution in [0.3, 0.4) is 0 Å². The Balaban J connectivity index is 2.46. The first-order valence-corrected chi connectivity index (χ1v) is 13.8. The number of rotatable bonds is 8. The first-order chi connectivity index (χ1) is 15.6. The van der Waals surface area contributed by atoms with Gasteiger partial charge < -0.3 is 10.2 Å². The molecule has 0 bridgehead atoms. The molecule has 0 aromatic heterocycles. The zero-order chi connectivity index (χ0) is 25.8. The molecule has 0 heterocycles. The van der Waals surface area contributed by atoms with Gasteiger partial charge >= 0.3 is 0 Å². The monoisotopic (exact) mass is 591 g/mol. The average Bonchev–Trinajstić information content (AvgIpc) is 2.69. The Labute approximate surface area is 219 Å². The van der Waals surface area contributed by atoms with Crippen LogP contribution in [0.15, 0.2) is 46.9 Å². The Bertz CT molecular complexity index is 1170. The summed E-state index contributed by atoms with van der Waals surface area (Å²) in [5.74, 6) is -0.943. The molecule has 0 aliphatic carbocycles. The van der Waals surface area contributed by atoms with Crippen molar-refractivity contribution in [1.82, 2.24) is 10.2 Å². The maximum Gasteiger partial charge on any atom is 0.244 e. The van der Waals surface area contributed by atoms with E-state index in [1.54, 1.807) is 49.4 Å². The van der Waals surface area contributed by atoms with E-state index >= 15 is 0 Å². The molecule has 0 spiro atoms. The lowest BCUT2D eigenvalue weighted by atomic mass is 10.1. The molecule has 1 N–H and O–H groups in total. The van der Waals surface area contributed by atoms with E-state index in [2.05, 4.69) is 21.2 Å². The minimum Gasteiger partial charge on any atom is -0.350 e. The number of carbonyl (C=O) groups excluding carboxylic acids is 2. The lowest BCUT2D eigenvalue weighted by molar-refractivity contribution is -0.140. The SMILES string of the molecule is CC(C(=O)NC(C)(C)C)N(Cc1ccc(Cl)cc1Cl)C(=O)CN(c1ccccc1Br)S(C)(=O)=O. The van der Waals surface area contributed by atoms with Gasteiger partial charge in [0, 0.05) is 26.6 Å². The minimum atomic E-state index is -3.82. The second kappa shape index (κ2) is 11.3. The summed E-state index contributed by atoms with van der Waals surface area (Å²) in [6.07, 6.45) is 1.02. The van der Waals surface area contributed by atoms with Gasteiger partial charge in [-0.1, -0.05) is 41.4 Å². The van der Waals surface area contributed by atoms with Crippen molar-refractivity contribution in [2.75, 3.05) is 17.1 Å². The molecule has 34 heavy (non-hydrogen) atoms. The predicted octanol–water partition coefficient (Wildman–Crippen LogP) is 4.85. The number of para-hydroxylation sites is 1. The van der Waals surface area contributed by atoms with Gasteiger partial charge in [-0.3, -0.25) is 13.9 Å². The summed E-state index contributed by atoms with van der Waals surface area (Å²) in [6.45, 7) is 6.57. The molecule has 0 fully saturated rings. The van der Waals surface area contributed by atoms with Gasteiger partial charge in [-0.25, -0.2) is 8.42 Å². The summed E-state index contributed by atoms with van der Waals surface area (Å²) in [6, 6.07) is 10.6. The van der Waals surface area contributed by atoms with Gasteiger partial charge in [0.15, 0.2) is 0 Å². The molecule has 0 aliphatic heterocycles. The van der Waals surface area contributed by atoms with Crippen molar-refractivity contribution in [3.05, 3.63) is 62.5 Å². The van der Waals surface area contributed by atoms with Gasteiger partial charge in [0.05, 0.1) is 11.9 Å². The average molecular weight is 593 g/mol. The number of anilines is 1. The van der Waals surface area contributed by atoms with E-state index in [-0.39, 0.29) is 12.5 Å². The minimum absolute atomic E-state index is 0.0128. The van der Waals surface area contributed by atoms with Gasteiger partial charge in [0.1, 0.15) is 12.6 Å². The quantitative estimate of drug-likeness (QED) is 0.474. The molecule has 0 saturated carbocycles. The standard InChI is InChI=1S/C23H28BrCl2N3O4S/c1-15(22(31)27-23(2,3)4)28(13-16-10-11-17(25)12-19(16)26)21(30)14-29(34(5,32)33)20-9-7-6-8-18(20)24/h6-12,15H,13-14H2,1-5H3,(H,27,31). The Hall–Kier alpha value is -1.81. The molecule has 7 nitrogen and oxygen atoms in total. The fourth-order valence-corrected chi connectivity index (χ4v) is 5.08. The van der Waals surface area contributed by atoms with E-state index in [1.165, 1.54) is 4.90 Å². The van der Waals surface area contributed by atoms with Gasteiger partial charge in [0.25, 0.3) is 0 Å². The van der Waals surface area contributed by atoms with Crippen LogP contribution in [0, 0.1) is 0 Å². The number of amides is 2. The first kappa shape index (κ1) is 28.4. The van der Waals surface area contributed by atoms with Crippen LogP contribution >= 0.6 is 39.1 Å². The predicted molar refractivity (Wildman–Crippen MR) is 141 cm³/mol. The molecular formula is C23H28BrCl2N3O4S. The zero-order valence-electron chi connectivity index (χ0n) is 19.6. The number of nitrogens with zero attached hydrogens (tertiary/aromatic N) is 2. The molecule has 2 aromatic rings. The highest BCUT2D eigenvalue weighted by molar-refractivity contribution is 9.10. The molecular weight excluding hydrogens is 565 g/mol. The van der Waals surface area contributed by atoms with Crippen molar-refractivity contribution in [3.63, 3.8) is 0 Å². The maximum absolute atomic E-state index is 13.5.